The van der Waals surface area contributed by atoms with Crippen LogP contribution < -0.4 is 10.1 Å². The van der Waals surface area contributed by atoms with E-state index in [1.807, 2.05) is 19.9 Å². The molecule has 0 aliphatic carbocycles. The third-order valence-electron chi connectivity index (χ3n) is 3.62. The average Bonchev–Trinajstić information content (AvgIpc) is 2.65. The van der Waals surface area contributed by atoms with E-state index in [1.54, 1.807) is 0 Å². The van der Waals surface area contributed by atoms with Crippen molar-refractivity contribution < 1.29 is 24.0 Å². The van der Waals surface area contributed by atoms with Gasteiger partial charge in [0.15, 0.2) is 11.3 Å². The minimum absolute atomic E-state index is 0.0262. The van der Waals surface area contributed by atoms with E-state index in [-0.39, 0.29) is 22.9 Å². The van der Waals surface area contributed by atoms with Gasteiger partial charge >= 0.3 is 5.97 Å². The third-order valence-corrected chi connectivity index (χ3v) is 4.44. The molecule has 1 aromatic heterocycles. The van der Waals surface area contributed by atoms with Crippen molar-refractivity contribution in [2.24, 2.45) is 0 Å². The number of esters is 1. The number of rotatable bonds is 8. The molecule has 0 saturated carbocycles. The second kappa shape index (κ2) is 9.82. The van der Waals surface area contributed by atoms with Crippen molar-refractivity contribution >= 4 is 35.0 Å². The zero-order chi connectivity index (χ0) is 21.6. The summed E-state index contributed by atoms with van der Waals surface area (Å²) in [5.41, 5.74) is 1.20. The fraction of sp³-hybridized carbons (Fsp3) is 0.333. The molecule has 1 unspecified atom stereocenters. The number of benzene rings is 1. The number of nitrogens with one attached hydrogen (secondary N) is 1. The van der Waals surface area contributed by atoms with Gasteiger partial charge in [-0.1, -0.05) is 11.8 Å². The first-order chi connectivity index (χ1) is 13.7. The first kappa shape index (κ1) is 22.1. The van der Waals surface area contributed by atoms with E-state index in [2.05, 4.69) is 15.3 Å². The van der Waals surface area contributed by atoms with Crippen LogP contribution in [-0.4, -0.2) is 45.7 Å². The molecule has 0 saturated heterocycles. The summed E-state index contributed by atoms with van der Waals surface area (Å²) in [6.45, 7) is 5.02. The van der Waals surface area contributed by atoms with Gasteiger partial charge in [0.05, 0.1) is 23.9 Å². The topological polar surface area (TPSA) is 134 Å². The molecule has 0 aliphatic rings. The van der Waals surface area contributed by atoms with Gasteiger partial charge in [-0.15, -0.1) is 0 Å². The van der Waals surface area contributed by atoms with Gasteiger partial charge in [-0.25, -0.2) is 9.97 Å². The summed E-state index contributed by atoms with van der Waals surface area (Å²) in [6, 6.07) is 5.82. The Morgan fingerprint density at radius 2 is 1.90 bits per heavy atom. The first-order valence-electron chi connectivity index (χ1n) is 8.47. The van der Waals surface area contributed by atoms with Gasteiger partial charge < -0.3 is 14.8 Å². The maximum absolute atomic E-state index is 12.3. The summed E-state index contributed by atoms with van der Waals surface area (Å²) in [5, 5.41) is 14.0. The molecule has 1 amide bonds. The molecule has 0 aliphatic heterocycles. The number of aryl methyl sites for hydroxylation is 2. The smallest absolute Gasteiger partial charge is 0.317 e. The largest absolute Gasteiger partial charge is 0.496 e. The number of nitro benzene ring substituents is 1. The Hall–Kier alpha value is -3.21. The Morgan fingerprint density at radius 3 is 2.48 bits per heavy atom. The molecule has 0 radical (unpaired) electrons. The molecular formula is C18H20N4O6S. The standard InChI is InChI=1S/C18H20N4O6S/c1-10-7-11(2)20-18(19-10)29-9-16(23)28-12(3)17(24)21-14-6-5-13(27-4)8-15(14)22(25)26/h5-8,12H,9H2,1-4H3,(H,21,24). The van der Waals surface area contributed by atoms with E-state index in [0.717, 1.165) is 23.1 Å². The highest BCUT2D eigenvalue weighted by atomic mass is 32.2. The predicted octanol–water partition coefficient (Wildman–Crippen LogP) is 2.67. The lowest BCUT2D eigenvalue weighted by atomic mass is 10.2. The lowest BCUT2D eigenvalue weighted by Gasteiger charge is -2.14. The van der Waals surface area contributed by atoms with Crippen LogP contribution in [0.4, 0.5) is 11.4 Å². The zero-order valence-electron chi connectivity index (χ0n) is 16.3. The molecule has 0 spiro atoms. The van der Waals surface area contributed by atoms with E-state index >= 15 is 0 Å². The lowest BCUT2D eigenvalue weighted by Crippen LogP contribution is -2.30. The highest BCUT2D eigenvalue weighted by molar-refractivity contribution is 7.99. The van der Waals surface area contributed by atoms with Gasteiger partial charge in [0.1, 0.15) is 11.4 Å². The molecule has 0 bridgehead atoms. The first-order valence-corrected chi connectivity index (χ1v) is 9.46. The number of methoxy groups -OCH3 is 1. The summed E-state index contributed by atoms with van der Waals surface area (Å²) in [4.78, 5) is 43.2. The molecule has 11 heteroatoms. The van der Waals surface area contributed by atoms with Gasteiger partial charge in [-0.3, -0.25) is 19.7 Å². The lowest BCUT2D eigenvalue weighted by molar-refractivity contribution is -0.384. The second-order valence-electron chi connectivity index (χ2n) is 5.98. The summed E-state index contributed by atoms with van der Waals surface area (Å²) >= 11 is 1.09. The number of aromatic nitrogens is 2. The van der Waals surface area contributed by atoms with Crippen LogP contribution in [-0.2, 0) is 14.3 Å². The molecular weight excluding hydrogens is 400 g/mol. The number of anilines is 1. The molecule has 2 aromatic rings. The van der Waals surface area contributed by atoms with Crippen molar-refractivity contribution in [1.29, 1.82) is 0 Å². The molecule has 10 nitrogen and oxygen atoms in total. The van der Waals surface area contributed by atoms with Crippen molar-refractivity contribution in [1.82, 2.24) is 9.97 Å². The third kappa shape index (κ3) is 6.42. The van der Waals surface area contributed by atoms with E-state index in [1.165, 1.54) is 32.2 Å². The molecule has 1 N–H and O–H groups in total. The van der Waals surface area contributed by atoms with E-state index in [9.17, 15) is 19.7 Å². The van der Waals surface area contributed by atoms with Gasteiger partial charge in [0.2, 0.25) is 0 Å². The summed E-state index contributed by atoms with van der Waals surface area (Å²) in [7, 11) is 1.37. The molecule has 0 fully saturated rings. The van der Waals surface area contributed by atoms with Crippen molar-refractivity contribution in [2.75, 3.05) is 18.2 Å². The number of nitrogens with zero attached hydrogens (tertiary/aromatic N) is 3. The molecule has 1 atom stereocenters. The molecule has 2 rings (SSSR count). The van der Waals surface area contributed by atoms with Crippen molar-refractivity contribution in [3.63, 3.8) is 0 Å². The Labute approximate surface area is 171 Å². The monoisotopic (exact) mass is 420 g/mol. The SMILES string of the molecule is COc1ccc(NC(=O)C(C)OC(=O)CSc2nc(C)cc(C)n2)c([N+](=O)[O-])c1. The second-order valence-corrected chi connectivity index (χ2v) is 6.93. The van der Waals surface area contributed by atoms with Crippen LogP contribution in [0.2, 0.25) is 0 Å². The Kier molecular flexibility index (Phi) is 7.48. The summed E-state index contributed by atoms with van der Waals surface area (Å²) < 4.78 is 10.0. The van der Waals surface area contributed by atoms with Gasteiger partial charge in [0, 0.05) is 11.4 Å². The number of amides is 1. The molecule has 1 heterocycles. The molecule has 29 heavy (non-hydrogen) atoms. The number of hydrogen-bond acceptors (Lipinski definition) is 9. The maximum atomic E-state index is 12.3. The summed E-state index contributed by atoms with van der Waals surface area (Å²) in [6.07, 6.45) is -1.15. The number of nitro groups is 1. The van der Waals surface area contributed by atoms with E-state index in [4.69, 9.17) is 9.47 Å². The van der Waals surface area contributed by atoms with Crippen LogP contribution in [0, 0.1) is 24.0 Å². The normalized spacial score (nSPS) is 11.4. The fourth-order valence-electron chi connectivity index (χ4n) is 2.30. The van der Waals surface area contributed by atoms with Crippen LogP contribution in [0.15, 0.2) is 29.4 Å². The molecule has 154 valence electrons. The quantitative estimate of drug-likeness (QED) is 0.225. The zero-order valence-corrected chi connectivity index (χ0v) is 17.1. The predicted molar refractivity (Wildman–Crippen MR) is 106 cm³/mol. The number of ether oxygens (including phenoxy) is 2. The van der Waals surface area contributed by atoms with Gasteiger partial charge in [0.25, 0.3) is 11.6 Å². The van der Waals surface area contributed by atoms with Crippen LogP contribution in [0.3, 0.4) is 0 Å². The van der Waals surface area contributed by atoms with Crippen LogP contribution in [0.25, 0.3) is 0 Å². The number of hydrogen-bond donors (Lipinski definition) is 1. The number of carbonyl (C=O) groups is 2. The van der Waals surface area contributed by atoms with Gasteiger partial charge in [-0.2, -0.15) is 0 Å². The highest BCUT2D eigenvalue weighted by Crippen LogP contribution is 2.29. The minimum atomic E-state index is -1.15. The van der Waals surface area contributed by atoms with Crippen molar-refractivity contribution in [3.05, 3.63) is 45.8 Å². The van der Waals surface area contributed by atoms with Crippen LogP contribution in [0.1, 0.15) is 18.3 Å². The van der Waals surface area contributed by atoms with Crippen LogP contribution >= 0.6 is 11.8 Å². The highest BCUT2D eigenvalue weighted by Gasteiger charge is 2.22. The summed E-state index contributed by atoms with van der Waals surface area (Å²) in [5.74, 6) is -1.13. The van der Waals surface area contributed by atoms with Crippen molar-refractivity contribution in [2.45, 2.75) is 32.0 Å². The minimum Gasteiger partial charge on any atom is -0.496 e. The van der Waals surface area contributed by atoms with Gasteiger partial charge in [-0.05, 0) is 39.0 Å². The Bertz CT molecular complexity index is 916. The average molecular weight is 420 g/mol. The molecule has 1 aromatic carbocycles. The number of carbonyl (C=O) groups excluding carboxylic acids is 2. The fourth-order valence-corrected chi connectivity index (χ4v) is 3.03. The maximum Gasteiger partial charge on any atom is 0.317 e. The van der Waals surface area contributed by atoms with E-state index < -0.39 is 22.9 Å². The Balaban J connectivity index is 1.95. The Morgan fingerprint density at radius 1 is 1.24 bits per heavy atom. The van der Waals surface area contributed by atoms with E-state index in [0.29, 0.717) is 5.16 Å². The van der Waals surface area contributed by atoms with Crippen LogP contribution in [0.5, 0.6) is 5.75 Å². The van der Waals surface area contributed by atoms with Crippen molar-refractivity contribution in [3.8, 4) is 5.75 Å². The number of thioether (sulfide) groups is 1.